The number of carbonyl (C=O) groups is 1. The summed E-state index contributed by atoms with van der Waals surface area (Å²) in [5.74, 6) is 0.218. The van der Waals surface area contributed by atoms with Gasteiger partial charge >= 0.3 is 5.97 Å². The molecular weight excluding hydrogens is 382 g/mol. The van der Waals surface area contributed by atoms with E-state index in [1.165, 1.54) is 10.8 Å². The SMILES string of the molecule is CCOC(=O)c1cnc2n(c1=O)C(c1cccc(C)c1)n1c(nc3ccccc31)N2. The molecule has 0 amide bonds. The van der Waals surface area contributed by atoms with E-state index in [0.29, 0.717) is 11.9 Å². The van der Waals surface area contributed by atoms with Gasteiger partial charge in [0, 0.05) is 0 Å². The van der Waals surface area contributed by atoms with Gasteiger partial charge < -0.3 is 4.74 Å². The summed E-state index contributed by atoms with van der Waals surface area (Å²) in [6, 6.07) is 15.6. The molecule has 0 fully saturated rings. The molecule has 2 aromatic carbocycles. The summed E-state index contributed by atoms with van der Waals surface area (Å²) in [4.78, 5) is 34.8. The van der Waals surface area contributed by atoms with E-state index in [2.05, 4.69) is 15.3 Å². The Labute approximate surface area is 171 Å². The second kappa shape index (κ2) is 6.84. The van der Waals surface area contributed by atoms with Crippen LogP contribution in [0.5, 0.6) is 0 Å². The van der Waals surface area contributed by atoms with Gasteiger partial charge in [0.1, 0.15) is 11.7 Å². The third kappa shape index (κ3) is 2.68. The van der Waals surface area contributed by atoms with Crippen molar-refractivity contribution in [1.82, 2.24) is 19.1 Å². The highest BCUT2D eigenvalue weighted by atomic mass is 16.5. The van der Waals surface area contributed by atoms with Crippen molar-refractivity contribution in [3.05, 3.63) is 81.8 Å². The zero-order chi connectivity index (χ0) is 20.8. The molecular formula is C22H19N5O3. The Morgan fingerprint density at radius 2 is 1.97 bits per heavy atom. The summed E-state index contributed by atoms with van der Waals surface area (Å²) in [6.07, 6.45) is 0.697. The Bertz CT molecular complexity index is 1350. The van der Waals surface area contributed by atoms with Crippen LogP contribution in [0, 0.1) is 6.92 Å². The summed E-state index contributed by atoms with van der Waals surface area (Å²) < 4.78 is 8.49. The maximum Gasteiger partial charge on any atom is 0.345 e. The van der Waals surface area contributed by atoms with Crippen LogP contribution in [0.4, 0.5) is 11.9 Å². The van der Waals surface area contributed by atoms with E-state index < -0.39 is 17.7 Å². The Morgan fingerprint density at radius 3 is 2.77 bits per heavy atom. The number of aryl methyl sites for hydroxylation is 1. The second-order valence-electron chi connectivity index (χ2n) is 7.10. The van der Waals surface area contributed by atoms with Gasteiger partial charge in [0.05, 0.1) is 23.8 Å². The van der Waals surface area contributed by atoms with Gasteiger partial charge in [-0.1, -0.05) is 42.0 Å². The van der Waals surface area contributed by atoms with Gasteiger partial charge in [-0.05, 0) is 31.5 Å². The molecule has 2 aromatic heterocycles. The number of anilines is 2. The molecule has 5 rings (SSSR count). The minimum absolute atomic E-state index is 0.104. The van der Waals surface area contributed by atoms with Crippen LogP contribution < -0.4 is 10.9 Å². The second-order valence-corrected chi connectivity index (χ2v) is 7.10. The van der Waals surface area contributed by atoms with Gasteiger partial charge in [-0.25, -0.2) is 14.8 Å². The first kappa shape index (κ1) is 18.1. The fourth-order valence-corrected chi connectivity index (χ4v) is 3.86. The van der Waals surface area contributed by atoms with E-state index in [1.54, 1.807) is 6.92 Å². The number of imidazole rings is 1. The van der Waals surface area contributed by atoms with Gasteiger partial charge in [0.25, 0.3) is 5.56 Å². The van der Waals surface area contributed by atoms with Crippen molar-refractivity contribution in [2.45, 2.75) is 20.0 Å². The van der Waals surface area contributed by atoms with E-state index in [9.17, 15) is 9.59 Å². The average Bonchev–Trinajstić information content (AvgIpc) is 3.10. The lowest BCUT2D eigenvalue weighted by Crippen LogP contribution is -2.39. The van der Waals surface area contributed by atoms with E-state index in [1.807, 2.05) is 60.0 Å². The van der Waals surface area contributed by atoms with Crippen LogP contribution in [0.15, 0.2) is 59.5 Å². The number of fused-ring (bicyclic) bond motifs is 4. The third-order valence-electron chi connectivity index (χ3n) is 5.14. The molecule has 4 aromatic rings. The molecule has 0 aliphatic carbocycles. The van der Waals surface area contributed by atoms with Crippen molar-refractivity contribution in [2.24, 2.45) is 0 Å². The predicted molar refractivity (Wildman–Crippen MR) is 112 cm³/mol. The van der Waals surface area contributed by atoms with Crippen molar-refractivity contribution in [3.8, 4) is 0 Å². The largest absolute Gasteiger partial charge is 0.462 e. The maximum absolute atomic E-state index is 13.4. The lowest BCUT2D eigenvalue weighted by atomic mass is 10.1. The maximum atomic E-state index is 13.4. The summed E-state index contributed by atoms with van der Waals surface area (Å²) >= 11 is 0. The van der Waals surface area contributed by atoms with Crippen LogP contribution in [0.3, 0.4) is 0 Å². The fourth-order valence-electron chi connectivity index (χ4n) is 3.86. The molecule has 0 bridgehead atoms. The molecule has 0 spiro atoms. The number of benzene rings is 2. The molecule has 0 saturated carbocycles. The Morgan fingerprint density at radius 1 is 1.13 bits per heavy atom. The van der Waals surface area contributed by atoms with Crippen LogP contribution in [-0.2, 0) is 4.74 Å². The molecule has 1 atom stereocenters. The lowest BCUT2D eigenvalue weighted by Gasteiger charge is -2.31. The van der Waals surface area contributed by atoms with Gasteiger partial charge in [0.15, 0.2) is 0 Å². The van der Waals surface area contributed by atoms with E-state index >= 15 is 0 Å². The van der Waals surface area contributed by atoms with Crippen LogP contribution in [0.1, 0.15) is 34.6 Å². The molecule has 1 N–H and O–H groups in total. The van der Waals surface area contributed by atoms with E-state index in [-0.39, 0.29) is 12.2 Å². The average molecular weight is 401 g/mol. The molecule has 1 aliphatic heterocycles. The molecule has 1 aliphatic rings. The molecule has 8 heteroatoms. The summed E-state index contributed by atoms with van der Waals surface area (Å²) in [5.41, 5.74) is 3.02. The monoisotopic (exact) mass is 401 g/mol. The molecule has 1 unspecified atom stereocenters. The Hall–Kier alpha value is -3.94. The zero-order valence-electron chi connectivity index (χ0n) is 16.5. The number of esters is 1. The zero-order valence-corrected chi connectivity index (χ0v) is 16.5. The number of hydrogen-bond donors (Lipinski definition) is 1. The summed E-state index contributed by atoms with van der Waals surface area (Å²) in [6.45, 7) is 3.87. The molecule has 0 saturated heterocycles. The number of nitrogens with one attached hydrogen (secondary N) is 1. The van der Waals surface area contributed by atoms with E-state index in [4.69, 9.17) is 4.74 Å². The lowest BCUT2D eigenvalue weighted by molar-refractivity contribution is 0.0522. The van der Waals surface area contributed by atoms with Crippen molar-refractivity contribution < 1.29 is 9.53 Å². The number of nitrogens with zero attached hydrogens (tertiary/aromatic N) is 4. The number of rotatable bonds is 3. The van der Waals surface area contributed by atoms with Crippen molar-refractivity contribution in [2.75, 3.05) is 11.9 Å². The Kier molecular flexibility index (Phi) is 4.13. The van der Waals surface area contributed by atoms with Crippen LogP contribution in [-0.4, -0.2) is 31.7 Å². The van der Waals surface area contributed by atoms with E-state index in [0.717, 1.165) is 22.2 Å². The van der Waals surface area contributed by atoms with Crippen LogP contribution in [0.25, 0.3) is 11.0 Å². The number of ether oxygens (including phenoxy) is 1. The van der Waals surface area contributed by atoms with Gasteiger partial charge in [-0.15, -0.1) is 0 Å². The topological polar surface area (TPSA) is 91.0 Å². The first-order valence-electron chi connectivity index (χ1n) is 9.67. The highest BCUT2D eigenvalue weighted by Gasteiger charge is 2.32. The first-order chi connectivity index (χ1) is 14.6. The Balaban J connectivity index is 1.82. The van der Waals surface area contributed by atoms with Crippen molar-refractivity contribution in [1.29, 1.82) is 0 Å². The highest BCUT2D eigenvalue weighted by Crippen LogP contribution is 2.35. The fraction of sp³-hybridized carbons (Fsp3) is 0.182. The number of carbonyl (C=O) groups excluding carboxylic acids is 1. The number of hydrogen-bond acceptors (Lipinski definition) is 6. The first-order valence-corrected chi connectivity index (χ1v) is 9.67. The van der Waals surface area contributed by atoms with Crippen molar-refractivity contribution in [3.63, 3.8) is 0 Å². The number of para-hydroxylation sites is 2. The minimum Gasteiger partial charge on any atom is -0.462 e. The number of aromatic nitrogens is 4. The third-order valence-corrected chi connectivity index (χ3v) is 5.14. The van der Waals surface area contributed by atoms with Crippen LogP contribution >= 0.6 is 0 Å². The van der Waals surface area contributed by atoms with Gasteiger partial charge in [0.2, 0.25) is 11.9 Å². The van der Waals surface area contributed by atoms with Crippen molar-refractivity contribution >= 4 is 28.9 Å². The predicted octanol–water partition coefficient (Wildman–Crippen LogP) is 3.23. The van der Waals surface area contributed by atoms with Gasteiger partial charge in [-0.3, -0.25) is 19.2 Å². The minimum atomic E-state index is -0.686. The molecule has 3 heterocycles. The highest BCUT2D eigenvalue weighted by molar-refractivity contribution is 5.89. The normalized spacial score (nSPS) is 14.7. The van der Waals surface area contributed by atoms with Gasteiger partial charge in [-0.2, -0.15) is 0 Å². The molecule has 30 heavy (non-hydrogen) atoms. The molecule has 8 nitrogen and oxygen atoms in total. The molecule has 150 valence electrons. The molecule has 0 radical (unpaired) electrons. The van der Waals surface area contributed by atoms with Crippen LogP contribution in [0.2, 0.25) is 0 Å². The smallest absolute Gasteiger partial charge is 0.345 e. The summed E-state index contributed by atoms with van der Waals surface area (Å²) in [7, 11) is 0. The summed E-state index contributed by atoms with van der Waals surface area (Å²) in [5, 5.41) is 3.13. The quantitative estimate of drug-likeness (QED) is 0.467. The standard InChI is InChI=1S/C22H19N5O3/c1-3-30-20(29)15-12-23-21-25-22-24-16-9-4-5-10-17(16)26(22)18(27(21)19(15)28)14-8-6-7-13(2)11-14/h4-12,18H,3H2,1-2H3,(H,23,24,25).